The summed E-state index contributed by atoms with van der Waals surface area (Å²) in [7, 11) is -0.621. The summed E-state index contributed by atoms with van der Waals surface area (Å²) in [6, 6.07) is 12.8. The highest BCUT2D eigenvalue weighted by molar-refractivity contribution is 7.06. The van der Waals surface area contributed by atoms with Gasteiger partial charge in [-0.2, -0.15) is 11.1 Å². The van der Waals surface area contributed by atoms with Gasteiger partial charge in [-0.05, 0) is 17.7 Å². The molecule has 0 aromatic heterocycles. The van der Waals surface area contributed by atoms with Crippen molar-refractivity contribution in [2.45, 2.75) is 25.4 Å². The molecule has 0 heterocycles. The third-order valence-corrected chi connectivity index (χ3v) is 4.56. The van der Waals surface area contributed by atoms with Gasteiger partial charge < -0.3 is 0 Å². The first kappa shape index (κ1) is 9.81. The van der Waals surface area contributed by atoms with Crippen molar-refractivity contribution >= 4 is 19.2 Å². The normalized spacial score (nSPS) is 10.6. The maximum absolute atomic E-state index is 6.22. The standard InChI is InChI=1S/C10H14ClSi/c1-2-8-12(11)9-10-6-4-3-5-7-10/h3-7H,2,8-9H2,1H3. The zero-order valence-corrected chi connectivity index (χ0v) is 9.14. The molecule has 0 aliphatic rings. The summed E-state index contributed by atoms with van der Waals surface area (Å²) < 4.78 is 0. The Balaban J connectivity index is 2.41. The third-order valence-electron chi connectivity index (χ3n) is 1.76. The third kappa shape index (κ3) is 3.42. The van der Waals surface area contributed by atoms with Crippen LogP contribution in [-0.2, 0) is 6.04 Å². The van der Waals surface area contributed by atoms with Crippen molar-refractivity contribution < 1.29 is 0 Å². The predicted octanol–water partition coefficient (Wildman–Crippen LogP) is 3.41. The van der Waals surface area contributed by atoms with E-state index in [1.54, 1.807) is 0 Å². The Labute approximate surface area is 80.9 Å². The van der Waals surface area contributed by atoms with Crippen LogP contribution < -0.4 is 0 Å². The largest absolute Gasteiger partial charge is 0.169 e. The van der Waals surface area contributed by atoms with Gasteiger partial charge in [-0.1, -0.05) is 43.7 Å². The van der Waals surface area contributed by atoms with E-state index < -0.39 is 8.11 Å². The van der Waals surface area contributed by atoms with Crippen LogP contribution in [0.4, 0.5) is 0 Å². The molecule has 2 heteroatoms. The van der Waals surface area contributed by atoms with E-state index in [-0.39, 0.29) is 0 Å². The summed E-state index contributed by atoms with van der Waals surface area (Å²) in [6.45, 7) is 2.19. The Kier molecular flexibility index (Phi) is 4.40. The molecule has 0 spiro atoms. The van der Waals surface area contributed by atoms with Gasteiger partial charge >= 0.3 is 0 Å². The molecule has 1 radical (unpaired) electrons. The minimum absolute atomic E-state index is 0.621. The molecule has 0 amide bonds. The fourth-order valence-corrected chi connectivity index (χ4v) is 3.60. The molecule has 0 aliphatic heterocycles. The lowest BCUT2D eigenvalue weighted by Crippen LogP contribution is -2.07. The Morgan fingerprint density at radius 1 is 1.25 bits per heavy atom. The van der Waals surface area contributed by atoms with Gasteiger partial charge in [0.1, 0.15) is 0 Å². The van der Waals surface area contributed by atoms with Crippen LogP contribution in [-0.4, -0.2) is 8.11 Å². The van der Waals surface area contributed by atoms with E-state index in [2.05, 4.69) is 31.2 Å². The molecule has 0 saturated heterocycles. The molecule has 0 saturated carbocycles. The molecule has 0 nitrogen and oxygen atoms in total. The molecule has 0 bridgehead atoms. The van der Waals surface area contributed by atoms with Crippen molar-refractivity contribution in [2.75, 3.05) is 0 Å². The SMILES string of the molecule is CCC[Si](Cl)Cc1ccccc1. The van der Waals surface area contributed by atoms with Gasteiger partial charge in [-0.25, -0.2) is 0 Å². The predicted molar refractivity (Wildman–Crippen MR) is 56.9 cm³/mol. The molecule has 12 heavy (non-hydrogen) atoms. The van der Waals surface area contributed by atoms with Crippen LogP contribution in [0.2, 0.25) is 6.04 Å². The van der Waals surface area contributed by atoms with E-state index in [0.29, 0.717) is 0 Å². The topological polar surface area (TPSA) is 0 Å². The van der Waals surface area contributed by atoms with Crippen LogP contribution in [0.15, 0.2) is 30.3 Å². The van der Waals surface area contributed by atoms with Crippen molar-refractivity contribution in [3.8, 4) is 0 Å². The van der Waals surface area contributed by atoms with Crippen molar-refractivity contribution in [1.82, 2.24) is 0 Å². The van der Waals surface area contributed by atoms with Gasteiger partial charge in [0.2, 0.25) is 0 Å². The van der Waals surface area contributed by atoms with Gasteiger partial charge in [0.05, 0.1) is 0 Å². The highest BCUT2D eigenvalue weighted by Crippen LogP contribution is 2.09. The average molecular weight is 198 g/mol. The Bertz CT molecular complexity index is 210. The summed E-state index contributed by atoms with van der Waals surface area (Å²) >= 11 is 6.22. The van der Waals surface area contributed by atoms with Gasteiger partial charge in [-0.3, -0.25) is 0 Å². The molecular formula is C10H14ClSi. The van der Waals surface area contributed by atoms with Crippen molar-refractivity contribution in [1.29, 1.82) is 0 Å². The molecular weight excluding hydrogens is 184 g/mol. The zero-order chi connectivity index (χ0) is 8.81. The molecule has 65 valence electrons. The number of halogens is 1. The molecule has 0 N–H and O–H groups in total. The number of hydrogen-bond acceptors (Lipinski definition) is 0. The van der Waals surface area contributed by atoms with E-state index in [9.17, 15) is 0 Å². The molecule has 0 aliphatic carbocycles. The summed E-state index contributed by atoms with van der Waals surface area (Å²) in [4.78, 5) is 0. The monoisotopic (exact) mass is 197 g/mol. The second-order valence-electron chi connectivity index (χ2n) is 2.93. The van der Waals surface area contributed by atoms with E-state index in [1.165, 1.54) is 18.0 Å². The second-order valence-corrected chi connectivity index (χ2v) is 6.42. The lowest BCUT2D eigenvalue weighted by atomic mass is 10.2. The Morgan fingerprint density at radius 3 is 2.50 bits per heavy atom. The molecule has 1 aromatic carbocycles. The molecule has 0 fully saturated rings. The number of rotatable bonds is 4. The fraction of sp³-hybridized carbons (Fsp3) is 0.400. The first-order valence-electron chi connectivity index (χ1n) is 4.37. The van der Waals surface area contributed by atoms with Gasteiger partial charge in [0.15, 0.2) is 8.11 Å². The van der Waals surface area contributed by atoms with E-state index in [4.69, 9.17) is 11.1 Å². The molecule has 0 unspecified atom stereocenters. The summed E-state index contributed by atoms with van der Waals surface area (Å²) in [6.07, 6.45) is 1.21. The maximum atomic E-state index is 6.22. The minimum Gasteiger partial charge on any atom is -0.169 e. The van der Waals surface area contributed by atoms with Crippen molar-refractivity contribution in [3.63, 3.8) is 0 Å². The second kappa shape index (κ2) is 5.39. The van der Waals surface area contributed by atoms with Crippen LogP contribution in [0.5, 0.6) is 0 Å². The first-order chi connectivity index (χ1) is 5.83. The zero-order valence-electron chi connectivity index (χ0n) is 7.39. The molecule has 1 rings (SSSR count). The van der Waals surface area contributed by atoms with Crippen LogP contribution in [0.1, 0.15) is 18.9 Å². The Morgan fingerprint density at radius 2 is 1.92 bits per heavy atom. The lowest BCUT2D eigenvalue weighted by molar-refractivity contribution is 1.06. The van der Waals surface area contributed by atoms with Crippen LogP contribution in [0, 0.1) is 0 Å². The first-order valence-corrected chi connectivity index (χ1v) is 7.29. The summed E-state index contributed by atoms with van der Waals surface area (Å²) in [5, 5.41) is 0. The van der Waals surface area contributed by atoms with Crippen LogP contribution in [0.25, 0.3) is 0 Å². The highest BCUT2D eigenvalue weighted by Gasteiger charge is 2.06. The van der Waals surface area contributed by atoms with E-state index in [0.717, 1.165) is 6.04 Å². The van der Waals surface area contributed by atoms with Crippen molar-refractivity contribution in [2.24, 2.45) is 0 Å². The summed E-state index contributed by atoms with van der Waals surface area (Å²) in [5.74, 6) is 0. The molecule has 0 atom stereocenters. The minimum atomic E-state index is -0.621. The van der Waals surface area contributed by atoms with Crippen LogP contribution >= 0.6 is 11.1 Å². The lowest BCUT2D eigenvalue weighted by Gasteiger charge is -2.04. The highest BCUT2D eigenvalue weighted by atomic mass is 35.6. The van der Waals surface area contributed by atoms with Gasteiger partial charge in [0.25, 0.3) is 0 Å². The smallest absolute Gasteiger partial charge is 0.169 e. The van der Waals surface area contributed by atoms with E-state index in [1.807, 2.05) is 6.07 Å². The quantitative estimate of drug-likeness (QED) is 0.513. The molecule has 1 aromatic rings. The van der Waals surface area contributed by atoms with Crippen LogP contribution in [0.3, 0.4) is 0 Å². The maximum Gasteiger partial charge on any atom is 0.169 e. The van der Waals surface area contributed by atoms with Gasteiger partial charge in [-0.15, -0.1) is 0 Å². The fourth-order valence-electron chi connectivity index (χ4n) is 1.18. The van der Waals surface area contributed by atoms with Crippen molar-refractivity contribution in [3.05, 3.63) is 35.9 Å². The summed E-state index contributed by atoms with van der Waals surface area (Å²) in [5.41, 5.74) is 1.38. The Hall–Kier alpha value is -0.273. The number of benzene rings is 1. The average Bonchev–Trinajstić information content (AvgIpc) is 2.06. The number of hydrogen-bond donors (Lipinski definition) is 0. The van der Waals surface area contributed by atoms with E-state index >= 15 is 0 Å². The van der Waals surface area contributed by atoms with Gasteiger partial charge in [0, 0.05) is 0 Å².